The topological polar surface area (TPSA) is 49.8 Å². The van der Waals surface area contributed by atoms with Crippen LogP contribution in [0.15, 0.2) is 0 Å². The molecule has 4 heteroatoms. The zero-order chi connectivity index (χ0) is 9.26. The van der Waals surface area contributed by atoms with E-state index in [9.17, 15) is 4.79 Å². The van der Waals surface area contributed by atoms with Gasteiger partial charge in [-0.25, -0.2) is 4.79 Å². The molecule has 0 aromatic rings. The first-order valence-electron chi connectivity index (χ1n) is 4.91. The highest BCUT2D eigenvalue weighted by atomic mass is 16.6. The summed E-state index contributed by atoms with van der Waals surface area (Å²) in [6.45, 7) is 0.775. The van der Waals surface area contributed by atoms with Crippen LogP contribution in [0.2, 0.25) is 0 Å². The number of carbonyl (C=O) groups excluding carboxylic acids is 1. The summed E-state index contributed by atoms with van der Waals surface area (Å²) >= 11 is 0. The van der Waals surface area contributed by atoms with E-state index in [0.29, 0.717) is 19.0 Å². The van der Waals surface area contributed by atoms with Gasteiger partial charge in [0.15, 0.2) is 0 Å². The molecule has 0 spiro atoms. The van der Waals surface area contributed by atoms with Crippen molar-refractivity contribution in [1.29, 1.82) is 0 Å². The molecule has 1 amide bonds. The van der Waals surface area contributed by atoms with Crippen LogP contribution in [0.1, 0.15) is 25.7 Å². The van der Waals surface area contributed by atoms with Crippen molar-refractivity contribution in [2.75, 3.05) is 13.2 Å². The molecule has 74 valence electrons. The van der Waals surface area contributed by atoms with Crippen molar-refractivity contribution in [3.8, 4) is 0 Å². The van der Waals surface area contributed by atoms with Gasteiger partial charge in [-0.1, -0.05) is 0 Å². The summed E-state index contributed by atoms with van der Waals surface area (Å²) in [5, 5.41) is 8.67. The highest BCUT2D eigenvalue weighted by Crippen LogP contribution is 2.32. The first-order chi connectivity index (χ1) is 6.33. The zero-order valence-corrected chi connectivity index (χ0v) is 7.61. The monoisotopic (exact) mass is 185 g/mol. The second kappa shape index (κ2) is 3.54. The molecule has 0 radical (unpaired) electrons. The minimum Gasteiger partial charge on any atom is -0.444 e. The Balaban J connectivity index is 1.96. The van der Waals surface area contributed by atoms with Crippen LogP contribution in [0.3, 0.4) is 0 Å². The Morgan fingerprint density at radius 1 is 1.54 bits per heavy atom. The molecule has 0 aromatic carbocycles. The number of rotatable bonds is 3. The molecule has 1 aliphatic heterocycles. The standard InChI is InChI=1S/C9H15NO3/c11-6-2-5-10-7-3-1-4-8(7)13-9(10)12/h7-8,11H,1-6H2. The number of aliphatic hydroxyl groups is 1. The molecule has 2 atom stereocenters. The molecular weight excluding hydrogens is 170 g/mol. The fourth-order valence-corrected chi connectivity index (χ4v) is 2.23. The van der Waals surface area contributed by atoms with Crippen LogP contribution in [-0.4, -0.2) is 41.4 Å². The molecule has 1 heterocycles. The van der Waals surface area contributed by atoms with Crippen LogP contribution in [0.25, 0.3) is 0 Å². The number of nitrogens with zero attached hydrogens (tertiary/aromatic N) is 1. The van der Waals surface area contributed by atoms with Crippen molar-refractivity contribution < 1.29 is 14.6 Å². The van der Waals surface area contributed by atoms with Crippen molar-refractivity contribution in [2.24, 2.45) is 0 Å². The van der Waals surface area contributed by atoms with Crippen LogP contribution in [0.5, 0.6) is 0 Å². The Morgan fingerprint density at radius 3 is 3.15 bits per heavy atom. The number of ether oxygens (including phenoxy) is 1. The smallest absolute Gasteiger partial charge is 0.410 e. The van der Waals surface area contributed by atoms with E-state index in [2.05, 4.69) is 0 Å². The third-order valence-electron chi connectivity index (χ3n) is 2.86. The summed E-state index contributed by atoms with van der Waals surface area (Å²) in [6.07, 6.45) is 3.80. The highest BCUT2D eigenvalue weighted by Gasteiger charge is 2.43. The molecule has 13 heavy (non-hydrogen) atoms. The molecule has 0 bridgehead atoms. The van der Waals surface area contributed by atoms with Crippen LogP contribution in [0.4, 0.5) is 4.79 Å². The number of aliphatic hydroxyl groups excluding tert-OH is 1. The van der Waals surface area contributed by atoms with Gasteiger partial charge in [-0.15, -0.1) is 0 Å². The van der Waals surface area contributed by atoms with Gasteiger partial charge in [0.25, 0.3) is 0 Å². The van der Waals surface area contributed by atoms with E-state index in [-0.39, 0.29) is 18.8 Å². The number of carbonyl (C=O) groups is 1. The van der Waals surface area contributed by atoms with E-state index in [0.717, 1.165) is 19.3 Å². The minimum atomic E-state index is -0.192. The van der Waals surface area contributed by atoms with Gasteiger partial charge in [0.2, 0.25) is 0 Å². The molecular formula is C9H15NO3. The predicted molar refractivity (Wildman–Crippen MR) is 46.3 cm³/mol. The van der Waals surface area contributed by atoms with Gasteiger partial charge in [0.1, 0.15) is 6.10 Å². The predicted octanol–water partition coefficient (Wildman–Crippen LogP) is 0.742. The van der Waals surface area contributed by atoms with Gasteiger partial charge < -0.3 is 14.7 Å². The lowest BCUT2D eigenvalue weighted by Crippen LogP contribution is -2.34. The maximum atomic E-state index is 11.3. The maximum absolute atomic E-state index is 11.3. The summed E-state index contributed by atoms with van der Waals surface area (Å²) in [4.78, 5) is 13.1. The summed E-state index contributed by atoms with van der Waals surface area (Å²) in [5.74, 6) is 0. The van der Waals surface area contributed by atoms with Crippen molar-refractivity contribution in [2.45, 2.75) is 37.8 Å². The maximum Gasteiger partial charge on any atom is 0.410 e. The van der Waals surface area contributed by atoms with Crippen molar-refractivity contribution >= 4 is 6.09 Å². The van der Waals surface area contributed by atoms with Crippen LogP contribution < -0.4 is 0 Å². The zero-order valence-electron chi connectivity index (χ0n) is 7.61. The highest BCUT2D eigenvalue weighted by molar-refractivity contribution is 5.70. The number of amides is 1. The minimum absolute atomic E-state index is 0.131. The lowest BCUT2D eigenvalue weighted by molar-refractivity contribution is 0.130. The molecule has 1 aliphatic carbocycles. The molecule has 2 rings (SSSR count). The fourth-order valence-electron chi connectivity index (χ4n) is 2.23. The third kappa shape index (κ3) is 1.50. The van der Waals surface area contributed by atoms with Crippen LogP contribution in [0, 0.1) is 0 Å². The van der Waals surface area contributed by atoms with Gasteiger partial charge in [-0.05, 0) is 25.7 Å². The molecule has 2 unspecified atom stereocenters. The van der Waals surface area contributed by atoms with Crippen LogP contribution in [-0.2, 0) is 4.74 Å². The lowest BCUT2D eigenvalue weighted by Gasteiger charge is -2.19. The average molecular weight is 185 g/mol. The van der Waals surface area contributed by atoms with E-state index in [1.54, 1.807) is 4.90 Å². The van der Waals surface area contributed by atoms with Gasteiger partial charge in [0.05, 0.1) is 6.04 Å². The molecule has 0 aromatic heterocycles. The van der Waals surface area contributed by atoms with Crippen LogP contribution >= 0.6 is 0 Å². The SMILES string of the molecule is O=C1OC2CCCC2N1CCCO. The van der Waals surface area contributed by atoms with Gasteiger partial charge in [-0.3, -0.25) is 0 Å². The summed E-state index contributed by atoms with van der Waals surface area (Å²) in [6, 6.07) is 0.291. The second-order valence-electron chi connectivity index (χ2n) is 3.69. The van der Waals surface area contributed by atoms with Gasteiger partial charge in [-0.2, -0.15) is 0 Å². The first kappa shape index (κ1) is 8.81. The lowest BCUT2D eigenvalue weighted by atomic mass is 10.2. The Kier molecular flexibility index (Phi) is 2.40. The number of hydrogen-bond donors (Lipinski definition) is 1. The van der Waals surface area contributed by atoms with E-state index in [1.807, 2.05) is 0 Å². The second-order valence-corrected chi connectivity index (χ2v) is 3.69. The number of fused-ring (bicyclic) bond motifs is 1. The van der Waals surface area contributed by atoms with Gasteiger partial charge >= 0.3 is 6.09 Å². The summed E-state index contributed by atoms with van der Waals surface area (Å²) < 4.78 is 5.20. The van der Waals surface area contributed by atoms with E-state index in [1.165, 1.54) is 0 Å². The average Bonchev–Trinajstić information content (AvgIpc) is 2.62. The van der Waals surface area contributed by atoms with Crippen molar-refractivity contribution in [1.82, 2.24) is 4.90 Å². The Morgan fingerprint density at radius 2 is 2.38 bits per heavy atom. The summed E-state index contributed by atoms with van der Waals surface area (Å²) in [5.41, 5.74) is 0. The Labute approximate surface area is 77.5 Å². The molecule has 2 fully saturated rings. The normalized spacial score (nSPS) is 32.1. The van der Waals surface area contributed by atoms with Crippen molar-refractivity contribution in [3.63, 3.8) is 0 Å². The molecule has 1 N–H and O–H groups in total. The van der Waals surface area contributed by atoms with Gasteiger partial charge in [0, 0.05) is 13.2 Å². The third-order valence-corrected chi connectivity index (χ3v) is 2.86. The molecule has 1 saturated carbocycles. The first-order valence-corrected chi connectivity index (χ1v) is 4.91. The summed E-state index contributed by atoms with van der Waals surface area (Å²) in [7, 11) is 0. The largest absolute Gasteiger partial charge is 0.444 e. The number of hydrogen-bond acceptors (Lipinski definition) is 3. The molecule has 2 aliphatic rings. The van der Waals surface area contributed by atoms with E-state index in [4.69, 9.17) is 9.84 Å². The van der Waals surface area contributed by atoms with E-state index >= 15 is 0 Å². The Hall–Kier alpha value is -0.770. The quantitative estimate of drug-likeness (QED) is 0.705. The Bertz CT molecular complexity index is 207. The molecule has 4 nitrogen and oxygen atoms in total. The molecule has 1 saturated heterocycles. The van der Waals surface area contributed by atoms with E-state index < -0.39 is 0 Å². The fraction of sp³-hybridized carbons (Fsp3) is 0.889. The van der Waals surface area contributed by atoms with Crippen molar-refractivity contribution in [3.05, 3.63) is 0 Å².